The van der Waals surface area contributed by atoms with Crippen molar-refractivity contribution < 1.29 is 9.53 Å². The maximum atomic E-state index is 11.9. The number of hydrogen-bond donors (Lipinski definition) is 2. The Balaban J connectivity index is 1.21. The van der Waals surface area contributed by atoms with Crippen molar-refractivity contribution in [1.82, 2.24) is 15.0 Å². The van der Waals surface area contributed by atoms with Gasteiger partial charge in [-0.25, -0.2) is 19.7 Å². The van der Waals surface area contributed by atoms with Gasteiger partial charge in [0.05, 0.1) is 36.8 Å². The van der Waals surface area contributed by atoms with E-state index < -0.39 is 6.03 Å². The van der Waals surface area contributed by atoms with Gasteiger partial charge < -0.3 is 26.0 Å². The van der Waals surface area contributed by atoms with Gasteiger partial charge in [0.25, 0.3) is 0 Å². The molecule has 2 atom stereocenters. The number of ether oxygens (including phenoxy) is 1. The van der Waals surface area contributed by atoms with Crippen LogP contribution >= 0.6 is 0 Å². The Morgan fingerprint density at radius 1 is 1.21 bits per heavy atom. The van der Waals surface area contributed by atoms with Crippen molar-refractivity contribution in [3.63, 3.8) is 0 Å². The number of primary amides is 1. The van der Waals surface area contributed by atoms with Crippen LogP contribution in [0.1, 0.15) is 31.2 Å². The smallest absolute Gasteiger partial charge is 0.320 e. The van der Waals surface area contributed by atoms with E-state index >= 15 is 0 Å². The Hall–Kier alpha value is -3.31. The van der Waals surface area contributed by atoms with Gasteiger partial charge >= 0.3 is 6.03 Å². The van der Waals surface area contributed by atoms with Gasteiger partial charge in [0.15, 0.2) is 11.7 Å². The third-order valence-corrected chi connectivity index (χ3v) is 7.73. The van der Waals surface area contributed by atoms with Gasteiger partial charge in [0.1, 0.15) is 11.5 Å². The van der Waals surface area contributed by atoms with Crippen LogP contribution in [0.25, 0.3) is 0 Å². The largest absolute Gasteiger partial charge is 0.376 e. The number of nitrogens with zero attached hydrogens (tertiary/aromatic N) is 7. The van der Waals surface area contributed by atoms with E-state index in [4.69, 9.17) is 31.2 Å². The molecule has 0 aliphatic carbocycles. The summed E-state index contributed by atoms with van der Waals surface area (Å²) >= 11 is 0. The molecule has 4 aliphatic heterocycles. The standard InChI is InChI=1S/C23H29N9O2/c1-14-19(24)23(13-34-14)4-7-30(8-5-23)17-12-27-18-15(29-17)11-28-21(18)31-9-10-32(22(25)33)20-16(31)3-2-6-26-20/h2-3,6,12,14,19H,4-5,7-11,13,24H2,1H3,(H2,25,33)/t14-,19+/m0/s1. The van der Waals surface area contributed by atoms with Crippen LogP contribution in [-0.2, 0) is 11.3 Å². The molecule has 1 spiro atoms. The fourth-order valence-corrected chi connectivity index (χ4v) is 5.63. The summed E-state index contributed by atoms with van der Waals surface area (Å²) < 4.78 is 5.85. The maximum absolute atomic E-state index is 11.9. The number of aliphatic imine (C=N–C) groups is 1. The van der Waals surface area contributed by atoms with E-state index in [0.29, 0.717) is 25.5 Å². The number of carbonyl (C=O) groups excluding carboxylic acids is 1. The monoisotopic (exact) mass is 463 g/mol. The lowest BCUT2D eigenvalue weighted by molar-refractivity contribution is 0.0974. The van der Waals surface area contributed by atoms with E-state index in [-0.39, 0.29) is 17.6 Å². The number of piperidine rings is 1. The van der Waals surface area contributed by atoms with E-state index in [2.05, 4.69) is 21.7 Å². The number of urea groups is 1. The molecule has 6 rings (SSSR count). The Kier molecular flexibility index (Phi) is 4.92. The molecule has 11 nitrogen and oxygen atoms in total. The number of carbonyl (C=O) groups is 1. The van der Waals surface area contributed by atoms with Crippen molar-refractivity contribution in [3.8, 4) is 0 Å². The number of pyridine rings is 1. The molecule has 34 heavy (non-hydrogen) atoms. The zero-order chi connectivity index (χ0) is 23.4. The molecule has 0 saturated carbocycles. The Morgan fingerprint density at radius 3 is 2.76 bits per heavy atom. The van der Waals surface area contributed by atoms with Gasteiger partial charge in [-0.05, 0) is 31.9 Å². The molecular formula is C23H29N9O2. The quantitative estimate of drug-likeness (QED) is 0.635. The van der Waals surface area contributed by atoms with Crippen LogP contribution in [0.4, 0.5) is 22.1 Å². The first kappa shape index (κ1) is 21.2. The first-order valence-corrected chi connectivity index (χ1v) is 11.8. The zero-order valence-corrected chi connectivity index (χ0v) is 19.2. The first-order chi connectivity index (χ1) is 16.5. The van der Waals surface area contributed by atoms with Crippen LogP contribution in [0.5, 0.6) is 0 Å². The summed E-state index contributed by atoms with van der Waals surface area (Å²) in [5.74, 6) is 2.17. The molecule has 11 heteroatoms. The van der Waals surface area contributed by atoms with Crippen LogP contribution in [-0.4, -0.2) is 71.8 Å². The van der Waals surface area contributed by atoms with Crippen LogP contribution < -0.4 is 26.2 Å². The molecule has 178 valence electrons. The van der Waals surface area contributed by atoms with Crippen molar-refractivity contribution >= 4 is 29.2 Å². The number of fused-ring (bicyclic) bond motifs is 2. The van der Waals surface area contributed by atoms with Gasteiger partial charge in [0, 0.05) is 43.8 Å². The summed E-state index contributed by atoms with van der Waals surface area (Å²) in [7, 11) is 0. The maximum Gasteiger partial charge on any atom is 0.320 e. The number of amides is 2. The highest BCUT2D eigenvalue weighted by molar-refractivity contribution is 6.13. The molecule has 0 radical (unpaired) electrons. The van der Waals surface area contributed by atoms with E-state index in [1.807, 2.05) is 18.3 Å². The summed E-state index contributed by atoms with van der Waals surface area (Å²) in [6.45, 7) is 6.05. The van der Waals surface area contributed by atoms with Crippen molar-refractivity contribution in [3.05, 3.63) is 35.9 Å². The fourth-order valence-electron chi connectivity index (χ4n) is 5.63. The molecule has 2 amide bonds. The van der Waals surface area contributed by atoms with Crippen LogP contribution in [0.3, 0.4) is 0 Å². The Labute approximate surface area is 197 Å². The molecule has 2 aromatic heterocycles. The number of anilines is 3. The van der Waals surface area contributed by atoms with E-state index in [1.54, 1.807) is 6.20 Å². The van der Waals surface area contributed by atoms with Crippen molar-refractivity contribution in [2.24, 2.45) is 21.9 Å². The predicted molar refractivity (Wildman–Crippen MR) is 128 cm³/mol. The number of aromatic nitrogens is 3. The Morgan fingerprint density at radius 2 is 2.03 bits per heavy atom. The number of hydrogen-bond acceptors (Lipinski definition) is 9. The van der Waals surface area contributed by atoms with Crippen LogP contribution in [0.2, 0.25) is 0 Å². The summed E-state index contributed by atoms with van der Waals surface area (Å²) in [5.41, 5.74) is 14.5. The van der Waals surface area contributed by atoms with Crippen molar-refractivity contribution in [1.29, 1.82) is 0 Å². The highest BCUT2D eigenvalue weighted by atomic mass is 16.5. The molecule has 4 aliphatic rings. The lowest BCUT2D eigenvalue weighted by atomic mass is 9.73. The average Bonchev–Trinajstić information content (AvgIpc) is 3.40. The fraction of sp³-hybridized carbons (Fsp3) is 0.522. The number of amidine groups is 1. The van der Waals surface area contributed by atoms with Gasteiger partial charge in [0.2, 0.25) is 0 Å². The molecule has 0 unspecified atom stereocenters. The molecule has 2 saturated heterocycles. The minimum absolute atomic E-state index is 0.0742. The second-order valence-corrected chi connectivity index (χ2v) is 9.54. The summed E-state index contributed by atoms with van der Waals surface area (Å²) in [5, 5.41) is 0. The predicted octanol–water partition coefficient (Wildman–Crippen LogP) is 0.870. The van der Waals surface area contributed by atoms with Crippen molar-refractivity contribution in [2.45, 2.75) is 38.5 Å². The molecule has 0 bridgehead atoms. The summed E-state index contributed by atoms with van der Waals surface area (Å²) in [6, 6.07) is 3.33. The first-order valence-electron chi connectivity index (χ1n) is 11.8. The van der Waals surface area contributed by atoms with Gasteiger partial charge in [-0.15, -0.1) is 0 Å². The van der Waals surface area contributed by atoms with Crippen LogP contribution in [0, 0.1) is 5.41 Å². The molecule has 4 N–H and O–H groups in total. The molecule has 2 aromatic rings. The van der Waals surface area contributed by atoms with Gasteiger partial charge in [-0.2, -0.15) is 0 Å². The SMILES string of the molecule is C[C@@H]1OCC2(CCN(c3cnc4c(n3)CN=C4N3CCN(C(N)=O)c4ncccc43)CC2)[C@@H]1N. The highest BCUT2D eigenvalue weighted by Crippen LogP contribution is 2.42. The summed E-state index contributed by atoms with van der Waals surface area (Å²) in [4.78, 5) is 36.6. The lowest BCUT2D eigenvalue weighted by Crippen LogP contribution is -2.50. The number of nitrogens with two attached hydrogens (primary N) is 2. The van der Waals surface area contributed by atoms with Gasteiger partial charge in [-0.1, -0.05) is 0 Å². The van der Waals surface area contributed by atoms with E-state index in [0.717, 1.165) is 61.3 Å². The van der Waals surface area contributed by atoms with E-state index in [1.165, 1.54) is 4.90 Å². The van der Waals surface area contributed by atoms with E-state index in [9.17, 15) is 4.79 Å². The minimum Gasteiger partial charge on any atom is -0.376 e. The molecular weight excluding hydrogens is 434 g/mol. The Bertz CT molecular complexity index is 1160. The molecule has 2 fully saturated rings. The second kappa shape index (κ2) is 7.88. The molecule has 6 heterocycles. The molecule has 0 aromatic carbocycles. The zero-order valence-electron chi connectivity index (χ0n) is 19.2. The summed E-state index contributed by atoms with van der Waals surface area (Å²) in [6.07, 6.45) is 5.60. The normalized spacial score (nSPS) is 25.4. The lowest BCUT2D eigenvalue weighted by Gasteiger charge is -2.41. The number of rotatable bonds is 1. The third-order valence-electron chi connectivity index (χ3n) is 7.73. The minimum atomic E-state index is -0.513. The van der Waals surface area contributed by atoms with Crippen LogP contribution in [0.15, 0.2) is 29.5 Å². The highest BCUT2D eigenvalue weighted by Gasteiger charge is 2.47. The third kappa shape index (κ3) is 3.22. The topological polar surface area (TPSA) is 139 Å². The average molecular weight is 464 g/mol. The van der Waals surface area contributed by atoms with Crippen molar-refractivity contribution in [2.75, 3.05) is 47.5 Å². The van der Waals surface area contributed by atoms with Gasteiger partial charge in [-0.3, -0.25) is 9.89 Å². The second-order valence-electron chi connectivity index (χ2n) is 9.54.